The van der Waals surface area contributed by atoms with E-state index in [2.05, 4.69) is 0 Å². The molecule has 5 heteroatoms. The summed E-state index contributed by atoms with van der Waals surface area (Å²) in [6.45, 7) is 4.92. The molecule has 4 rings (SSSR count). The van der Waals surface area contributed by atoms with Gasteiger partial charge in [0.2, 0.25) is 0 Å². The van der Waals surface area contributed by atoms with Crippen molar-refractivity contribution in [2.24, 2.45) is 0 Å². The van der Waals surface area contributed by atoms with E-state index in [1.807, 2.05) is 98.6 Å². The maximum absolute atomic E-state index is 13.6. The van der Waals surface area contributed by atoms with E-state index in [1.54, 1.807) is 7.11 Å². The zero-order valence-corrected chi connectivity index (χ0v) is 20.2. The third kappa shape index (κ3) is 4.74. The summed E-state index contributed by atoms with van der Waals surface area (Å²) in [6, 6.07) is 23.6. The highest BCUT2D eigenvalue weighted by atomic mass is 16.5. The number of amides is 2. The summed E-state index contributed by atoms with van der Waals surface area (Å²) >= 11 is 0. The largest absolute Gasteiger partial charge is 0.497 e. The van der Waals surface area contributed by atoms with E-state index in [-0.39, 0.29) is 11.8 Å². The summed E-state index contributed by atoms with van der Waals surface area (Å²) in [6.07, 6.45) is 0.581. The molecular formula is C29H30N2O3. The molecule has 174 valence electrons. The van der Waals surface area contributed by atoms with Crippen molar-refractivity contribution in [2.45, 2.75) is 26.8 Å². The van der Waals surface area contributed by atoms with Gasteiger partial charge in [-0.3, -0.25) is 14.5 Å². The Bertz CT molecular complexity index is 1230. The molecule has 1 heterocycles. The minimum absolute atomic E-state index is 0.239. The number of methoxy groups -OCH3 is 1. The molecule has 0 fully saturated rings. The third-order valence-corrected chi connectivity index (χ3v) is 6.37. The predicted octanol–water partition coefficient (Wildman–Crippen LogP) is 4.77. The molecule has 0 N–H and O–H groups in total. The zero-order valence-electron chi connectivity index (χ0n) is 20.2. The Labute approximate surface area is 201 Å². The molecule has 2 amide bonds. The maximum atomic E-state index is 13.6. The van der Waals surface area contributed by atoms with Gasteiger partial charge in [-0.25, -0.2) is 0 Å². The van der Waals surface area contributed by atoms with Crippen LogP contribution in [-0.2, 0) is 22.6 Å². The Morgan fingerprint density at radius 1 is 0.824 bits per heavy atom. The van der Waals surface area contributed by atoms with E-state index < -0.39 is 0 Å². The van der Waals surface area contributed by atoms with Crippen LogP contribution >= 0.6 is 0 Å². The van der Waals surface area contributed by atoms with Gasteiger partial charge in [0.05, 0.1) is 12.7 Å². The van der Waals surface area contributed by atoms with Crippen LogP contribution in [0, 0.1) is 13.8 Å². The number of benzene rings is 3. The molecule has 1 aliphatic heterocycles. The van der Waals surface area contributed by atoms with Crippen LogP contribution in [-0.4, -0.2) is 42.3 Å². The molecule has 0 radical (unpaired) electrons. The Balaban J connectivity index is 1.65. The average molecular weight is 455 g/mol. The number of imide groups is 1. The van der Waals surface area contributed by atoms with Crippen LogP contribution in [0.15, 0.2) is 78.5 Å². The van der Waals surface area contributed by atoms with Gasteiger partial charge in [0, 0.05) is 20.1 Å². The summed E-state index contributed by atoms with van der Waals surface area (Å²) in [7, 11) is 3.51. The summed E-state index contributed by atoms with van der Waals surface area (Å²) < 4.78 is 5.22. The lowest BCUT2D eigenvalue weighted by Gasteiger charge is -2.21. The molecule has 0 saturated carbocycles. The second kappa shape index (κ2) is 9.96. The number of likely N-dealkylation sites (N-methyl/N-ethyl adjacent to an activating group) is 1. The van der Waals surface area contributed by atoms with Crippen molar-refractivity contribution in [1.82, 2.24) is 9.80 Å². The molecule has 1 aliphatic rings. The smallest absolute Gasteiger partial charge is 0.277 e. The van der Waals surface area contributed by atoms with Gasteiger partial charge >= 0.3 is 0 Å². The minimum Gasteiger partial charge on any atom is -0.497 e. The first-order valence-corrected chi connectivity index (χ1v) is 11.4. The SMILES string of the molecule is COc1ccc(CCN2C(=O)C(c3ccc(C)c(C)c3)=C(N(C)Cc3ccccc3)C2=O)cc1. The highest BCUT2D eigenvalue weighted by molar-refractivity contribution is 6.35. The standard InChI is InChI=1S/C29H30N2O3/c1-20-10-13-24(18-21(20)2)26-27(30(3)19-23-8-6-5-7-9-23)29(33)31(28(26)32)17-16-22-11-14-25(34-4)15-12-22/h5-15,18H,16-17,19H2,1-4H3. The maximum Gasteiger partial charge on any atom is 0.277 e. The summed E-state index contributed by atoms with van der Waals surface area (Å²) in [4.78, 5) is 30.5. The normalized spacial score (nSPS) is 13.6. The van der Waals surface area contributed by atoms with Crippen LogP contribution in [0.1, 0.15) is 27.8 Å². The second-order valence-corrected chi connectivity index (χ2v) is 8.72. The Hall–Kier alpha value is -3.86. The van der Waals surface area contributed by atoms with Gasteiger partial charge in [-0.05, 0) is 60.2 Å². The van der Waals surface area contributed by atoms with Crippen LogP contribution in [0.2, 0.25) is 0 Å². The van der Waals surface area contributed by atoms with Crippen LogP contribution in [0.4, 0.5) is 0 Å². The predicted molar refractivity (Wildman–Crippen MR) is 134 cm³/mol. The molecule has 0 unspecified atom stereocenters. The first-order valence-electron chi connectivity index (χ1n) is 11.4. The van der Waals surface area contributed by atoms with Gasteiger partial charge in [-0.2, -0.15) is 0 Å². The summed E-state index contributed by atoms with van der Waals surface area (Å²) in [5.74, 6) is 0.294. The molecular weight excluding hydrogens is 424 g/mol. The Morgan fingerprint density at radius 3 is 2.18 bits per heavy atom. The number of aryl methyl sites for hydroxylation is 2. The second-order valence-electron chi connectivity index (χ2n) is 8.72. The zero-order chi connectivity index (χ0) is 24.2. The Kier molecular flexibility index (Phi) is 6.82. The molecule has 0 aliphatic carbocycles. The first kappa shape index (κ1) is 23.3. The fourth-order valence-corrected chi connectivity index (χ4v) is 4.25. The van der Waals surface area contributed by atoms with Crippen molar-refractivity contribution in [2.75, 3.05) is 20.7 Å². The molecule has 34 heavy (non-hydrogen) atoms. The lowest BCUT2D eigenvalue weighted by atomic mass is 9.99. The van der Waals surface area contributed by atoms with Crippen LogP contribution < -0.4 is 4.74 Å². The van der Waals surface area contributed by atoms with Gasteiger partial charge in [0.15, 0.2) is 0 Å². The van der Waals surface area contributed by atoms with Crippen molar-refractivity contribution < 1.29 is 14.3 Å². The third-order valence-electron chi connectivity index (χ3n) is 6.37. The molecule has 3 aromatic carbocycles. The van der Waals surface area contributed by atoms with Gasteiger partial charge < -0.3 is 9.64 Å². The molecule has 5 nitrogen and oxygen atoms in total. The number of carbonyl (C=O) groups excluding carboxylic acids is 2. The van der Waals surface area contributed by atoms with E-state index in [0.29, 0.717) is 30.8 Å². The van der Waals surface area contributed by atoms with Crippen LogP contribution in [0.3, 0.4) is 0 Å². The van der Waals surface area contributed by atoms with Gasteiger partial charge in [0.25, 0.3) is 11.8 Å². The van der Waals surface area contributed by atoms with E-state index in [1.165, 1.54) is 4.90 Å². The fourth-order valence-electron chi connectivity index (χ4n) is 4.25. The topological polar surface area (TPSA) is 49.9 Å². The van der Waals surface area contributed by atoms with E-state index >= 15 is 0 Å². The number of carbonyl (C=O) groups is 2. The average Bonchev–Trinajstić information content (AvgIpc) is 3.10. The molecule has 0 atom stereocenters. The number of nitrogens with zero attached hydrogens (tertiary/aromatic N) is 2. The highest BCUT2D eigenvalue weighted by Gasteiger charge is 2.40. The molecule has 0 bridgehead atoms. The van der Waals surface area contributed by atoms with Crippen molar-refractivity contribution >= 4 is 17.4 Å². The van der Waals surface area contributed by atoms with Crippen molar-refractivity contribution in [3.8, 4) is 5.75 Å². The monoisotopic (exact) mass is 454 g/mol. The molecule has 0 saturated heterocycles. The van der Waals surface area contributed by atoms with Crippen molar-refractivity contribution in [1.29, 1.82) is 0 Å². The van der Waals surface area contributed by atoms with Crippen molar-refractivity contribution in [3.05, 3.63) is 106 Å². The lowest BCUT2D eigenvalue weighted by Crippen LogP contribution is -2.35. The highest BCUT2D eigenvalue weighted by Crippen LogP contribution is 2.33. The minimum atomic E-state index is -0.245. The first-order chi connectivity index (χ1) is 16.4. The quantitative estimate of drug-likeness (QED) is 0.460. The van der Waals surface area contributed by atoms with E-state index in [9.17, 15) is 9.59 Å². The molecule has 0 spiro atoms. The van der Waals surface area contributed by atoms with E-state index in [4.69, 9.17) is 4.74 Å². The van der Waals surface area contributed by atoms with Crippen molar-refractivity contribution in [3.63, 3.8) is 0 Å². The van der Waals surface area contributed by atoms with Gasteiger partial charge in [-0.1, -0.05) is 60.7 Å². The van der Waals surface area contributed by atoms with Crippen LogP contribution in [0.25, 0.3) is 5.57 Å². The summed E-state index contributed by atoms with van der Waals surface area (Å²) in [5, 5.41) is 0. The number of rotatable bonds is 8. The molecule has 0 aromatic heterocycles. The number of ether oxygens (including phenoxy) is 1. The molecule has 3 aromatic rings. The Morgan fingerprint density at radius 2 is 1.53 bits per heavy atom. The lowest BCUT2D eigenvalue weighted by molar-refractivity contribution is -0.137. The fraction of sp³-hybridized carbons (Fsp3) is 0.241. The summed E-state index contributed by atoms with van der Waals surface area (Å²) in [5.41, 5.74) is 6.06. The van der Waals surface area contributed by atoms with Crippen LogP contribution in [0.5, 0.6) is 5.75 Å². The van der Waals surface area contributed by atoms with E-state index in [0.717, 1.165) is 33.6 Å². The van der Waals surface area contributed by atoms with Gasteiger partial charge in [0.1, 0.15) is 11.4 Å². The number of hydrogen-bond acceptors (Lipinski definition) is 4. The van der Waals surface area contributed by atoms with Gasteiger partial charge in [-0.15, -0.1) is 0 Å². The number of hydrogen-bond donors (Lipinski definition) is 0.